The molecule has 5 rings (SSSR count). The number of furan rings is 1. The van der Waals surface area contributed by atoms with E-state index >= 15 is 0 Å². The van der Waals surface area contributed by atoms with Gasteiger partial charge < -0.3 is 4.42 Å². The van der Waals surface area contributed by atoms with Crippen molar-refractivity contribution in [2.45, 2.75) is 100 Å². The van der Waals surface area contributed by atoms with E-state index in [1.165, 1.54) is 0 Å². The highest BCUT2D eigenvalue weighted by molar-refractivity contribution is 6.08. The Labute approximate surface area is 252 Å². The Morgan fingerprint density at radius 1 is 0.805 bits per heavy atom. The summed E-state index contributed by atoms with van der Waals surface area (Å²) in [6.45, 7) is 19.2. The van der Waals surface area contributed by atoms with Gasteiger partial charge in [-0.15, -0.1) is 0 Å². The van der Waals surface area contributed by atoms with Crippen LogP contribution in [0.15, 0.2) is 47.0 Å². The second-order valence-corrected chi connectivity index (χ2v) is 14.2. The molecule has 41 heavy (non-hydrogen) atoms. The summed E-state index contributed by atoms with van der Waals surface area (Å²) in [6.07, 6.45) is -0.283. The van der Waals surface area contributed by atoms with E-state index < -0.39 is 18.6 Å². The molecule has 0 N–H and O–H groups in total. The lowest BCUT2D eigenvalue weighted by Crippen LogP contribution is -2.36. The fourth-order valence-corrected chi connectivity index (χ4v) is 4.94. The molecular formula is C36H45N4O+. The Morgan fingerprint density at radius 3 is 2.02 bits per heavy atom. The predicted molar refractivity (Wildman–Crippen MR) is 169 cm³/mol. The van der Waals surface area contributed by atoms with Gasteiger partial charge in [-0.3, -0.25) is 0 Å². The lowest BCUT2D eigenvalue weighted by atomic mass is 9.87. The van der Waals surface area contributed by atoms with E-state index in [0.29, 0.717) is 22.7 Å². The summed E-state index contributed by atoms with van der Waals surface area (Å²) in [6, 6.07) is 11.6. The highest BCUT2D eigenvalue weighted by atomic mass is 16.3. The van der Waals surface area contributed by atoms with Gasteiger partial charge in [0.1, 0.15) is 17.2 Å². The molecule has 0 amide bonds. The molecule has 0 bridgehead atoms. The quantitative estimate of drug-likeness (QED) is 0.209. The van der Waals surface area contributed by atoms with Crippen LogP contribution in [0.5, 0.6) is 0 Å². The molecule has 0 radical (unpaired) electrons. The first kappa shape index (κ1) is 23.0. The maximum absolute atomic E-state index is 9.05. The summed E-state index contributed by atoms with van der Waals surface area (Å²) in [5.74, 6) is 2.04. The number of fused-ring (bicyclic) bond motifs is 3. The maximum atomic E-state index is 9.05. The first-order chi connectivity index (χ1) is 20.9. The minimum absolute atomic E-state index is 0.0156. The molecule has 0 spiro atoms. The molecular weight excluding hydrogens is 504 g/mol. The van der Waals surface area contributed by atoms with Crippen molar-refractivity contribution >= 4 is 21.9 Å². The summed E-state index contributed by atoms with van der Waals surface area (Å²) < 4.78 is 51.3. The van der Waals surface area contributed by atoms with Crippen molar-refractivity contribution < 1.29 is 15.8 Å². The van der Waals surface area contributed by atoms with Crippen molar-refractivity contribution in [1.29, 1.82) is 0 Å². The van der Waals surface area contributed by atoms with Gasteiger partial charge in [0.05, 0.1) is 0 Å². The molecule has 5 aromatic rings. The van der Waals surface area contributed by atoms with Gasteiger partial charge in [-0.25, -0.2) is 15.0 Å². The molecule has 0 fully saturated rings. The van der Waals surface area contributed by atoms with Crippen LogP contribution in [-0.4, -0.2) is 15.0 Å². The summed E-state index contributed by atoms with van der Waals surface area (Å²) in [4.78, 5) is 14.6. The van der Waals surface area contributed by atoms with E-state index in [4.69, 9.17) is 26.2 Å². The van der Waals surface area contributed by atoms with Gasteiger partial charge in [0.2, 0.25) is 5.58 Å². The van der Waals surface area contributed by atoms with E-state index in [1.54, 1.807) is 33.0 Å². The number of hydrogen-bond donors (Lipinski definition) is 0. The molecule has 0 aliphatic heterocycles. The Bertz CT molecular complexity index is 1960. The molecule has 0 unspecified atom stereocenters. The fraction of sp³-hybridized carbons (Fsp3) is 0.444. The standard InChI is InChI=1S/C36H45N4O/c1-21-13-15-27-26-16-14-24(31-37-32(35(7,8)9)39-33(38-31)36(10,11)12)18-28(26)41-30(27)29(21)40-20-25(19-34(4,5)6)22(2)17-23(40)3/h13-18,20H,19H2,1-12H3/q+1/i2D3,19D2. The molecule has 0 atom stereocenters. The predicted octanol–water partition coefficient (Wildman–Crippen LogP) is 8.82. The van der Waals surface area contributed by atoms with Gasteiger partial charge in [0, 0.05) is 58.1 Å². The smallest absolute Gasteiger partial charge is 0.257 e. The number of aromatic nitrogens is 4. The summed E-state index contributed by atoms with van der Waals surface area (Å²) in [5.41, 5.74) is 3.18. The third kappa shape index (κ3) is 5.64. The zero-order chi connectivity index (χ0) is 34.4. The molecule has 2 aromatic carbocycles. The minimum atomic E-state index is -2.48. The number of hydrogen-bond acceptors (Lipinski definition) is 4. The zero-order valence-corrected chi connectivity index (χ0v) is 26.2. The third-order valence-corrected chi connectivity index (χ3v) is 7.08. The SMILES string of the molecule is [2H]C([2H])([2H])c1cc(C)[n+](-c2c(C)ccc3c2oc2cc(-c4nc(C(C)(C)C)nc(C(C)(C)C)n4)ccc23)cc1C([2H])([2H])C(C)(C)C. The Balaban J connectivity index is 1.77. The van der Waals surface area contributed by atoms with E-state index in [9.17, 15) is 0 Å². The molecule has 5 heteroatoms. The number of nitrogens with zero attached hydrogens (tertiary/aromatic N) is 4. The number of benzene rings is 2. The monoisotopic (exact) mass is 554 g/mol. The van der Waals surface area contributed by atoms with Crippen LogP contribution in [0.25, 0.3) is 39.0 Å². The van der Waals surface area contributed by atoms with Crippen molar-refractivity contribution in [3.05, 3.63) is 76.6 Å². The molecule has 0 saturated heterocycles. The van der Waals surface area contributed by atoms with E-state index in [1.807, 2.05) is 48.7 Å². The van der Waals surface area contributed by atoms with Crippen molar-refractivity contribution in [2.24, 2.45) is 5.41 Å². The normalized spacial score (nSPS) is 15.4. The number of aryl methyl sites for hydroxylation is 3. The van der Waals surface area contributed by atoms with Gasteiger partial charge in [-0.2, -0.15) is 4.57 Å². The molecule has 214 valence electrons. The second kappa shape index (κ2) is 9.75. The lowest BCUT2D eigenvalue weighted by molar-refractivity contribution is -0.602. The van der Waals surface area contributed by atoms with Crippen LogP contribution < -0.4 is 4.57 Å². The average molecular weight is 555 g/mol. The van der Waals surface area contributed by atoms with Crippen LogP contribution in [0.1, 0.15) is 103 Å². The van der Waals surface area contributed by atoms with Crippen LogP contribution in [-0.2, 0) is 17.2 Å². The third-order valence-electron chi connectivity index (χ3n) is 7.08. The van der Waals surface area contributed by atoms with Crippen LogP contribution >= 0.6 is 0 Å². The van der Waals surface area contributed by atoms with Crippen molar-refractivity contribution in [3.8, 4) is 17.1 Å². The van der Waals surface area contributed by atoms with Crippen LogP contribution in [0.3, 0.4) is 0 Å². The van der Waals surface area contributed by atoms with Crippen molar-refractivity contribution in [1.82, 2.24) is 15.0 Å². The van der Waals surface area contributed by atoms with Crippen LogP contribution in [0.4, 0.5) is 0 Å². The molecule has 5 nitrogen and oxygen atoms in total. The fourth-order valence-electron chi connectivity index (χ4n) is 4.94. The largest absolute Gasteiger partial charge is 0.449 e. The molecule has 3 heterocycles. The average Bonchev–Trinajstić information content (AvgIpc) is 3.28. The van der Waals surface area contributed by atoms with E-state index in [0.717, 1.165) is 39.2 Å². The number of rotatable bonds is 3. The maximum Gasteiger partial charge on any atom is 0.257 e. The highest BCUT2D eigenvalue weighted by Crippen LogP contribution is 2.36. The zero-order valence-electron chi connectivity index (χ0n) is 31.2. The second-order valence-electron chi connectivity index (χ2n) is 14.2. The number of pyridine rings is 1. The summed E-state index contributed by atoms with van der Waals surface area (Å²) in [5, 5.41) is 1.82. The minimum Gasteiger partial charge on any atom is -0.449 e. The summed E-state index contributed by atoms with van der Waals surface area (Å²) >= 11 is 0. The Hall–Kier alpha value is -3.60. The molecule has 0 aliphatic rings. The van der Waals surface area contributed by atoms with Crippen molar-refractivity contribution in [3.63, 3.8) is 0 Å². The van der Waals surface area contributed by atoms with Gasteiger partial charge in [0.15, 0.2) is 17.7 Å². The van der Waals surface area contributed by atoms with Crippen molar-refractivity contribution in [2.75, 3.05) is 0 Å². The van der Waals surface area contributed by atoms with Gasteiger partial charge in [-0.1, -0.05) is 74.4 Å². The Kier molecular flexibility index (Phi) is 5.47. The van der Waals surface area contributed by atoms with Crippen LogP contribution in [0, 0.1) is 26.1 Å². The lowest BCUT2D eigenvalue weighted by Gasteiger charge is -2.22. The van der Waals surface area contributed by atoms with Gasteiger partial charge >= 0.3 is 0 Å². The van der Waals surface area contributed by atoms with E-state index in [-0.39, 0.29) is 22.0 Å². The topological polar surface area (TPSA) is 55.7 Å². The van der Waals surface area contributed by atoms with Gasteiger partial charge in [-0.05, 0) is 49.3 Å². The summed E-state index contributed by atoms with van der Waals surface area (Å²) in [7, 11) is 0. The first-order valence-electron chi connectivity index (χ1n) is 16.7. The Morgan fingerprint density at radius 2 is 1.44 bits per heavy atom. The van der Waals surface area contributed by atoms with E-state index in [2.05, 4.69) is 41.5 Å². The molecule has 0 saturated carbocycles. The van der Waals surface area contributed by atoms with Crippen LogP contribution in [0.2, 0.25) is 0 Å². The molecule has 0 aliphatic carbocycles. The van der Waals surface area contributed by atoms with Gasteiger partial charge in [0.25, 0.3) is 5.69 Å². The highest BCUT2D eigenvalue weighted by Gasteiger charge is 2.27. The first-order valence-corrected chi connectivity index (χ1v) is 14.2. The molecule has 3 aromatic heterocycles.